The van der Waals surface area contributed by atoms with Gasteiger partial charge in [-0.2, -0.15) is 0 Å². The first-order chi connectivity index (χ1) is 14.4. The summed E-state index contributed by atoms with van der Waals surface area (Å²) in [5.74, 6) is -0.0402. The number of fused-ring (bicyclic) bond motifs is 1. The van der Waals surface area contributed by atoms with E-state index in [0.717, 1.165) is 5.56 Å². The van der Waals surface area contributed by atoms with Crippen molar-refractivity contribution in [1.29, 1.82) is 0 Å². The highest BCUT2D eigenvalue weighted by molar-refractivity contribution is 5.67. The molecule has 2 saturated heterocycles. The van der Waals surface area contributed by atoms with E-state index in [1.807, 2.05) is 0 Å². The van der Waals surface area contributed by atoms with E-state index in [0.29, 0.717) is 23.7 Å². The molecule has 0 amide bonds. The van der Waals surface area contributed by atoms with Crippen LogP contribution in [0.4, 0.5) is 0 Å². The van der Waals surface area contributed by atoms with E-state index in [1.165, 1.54) is 27.2 Å². The lowest BCUT2D eigenvalue weighted by Gasteiger charge is -2.32. The quantitative estimate of drug-likeness (QED) is 0.717. The number of rotatable bonds is 5. The lowest BCUT2D eigenvalue weighted by Crippen LogP contribution is -2.43. The molecular weight excluding hydrogens is 392 g/mol. The average molecular weight is 416 g/mol. The number of carbonyl (C=O) groups is 1. The summed E-state index contributed by atoms with van der Waals surface area (Å²) >= 11 is 0. The van der Waals surface area contributed by atoms with Crippen molar-refractivity contribution in [3.63, 3.8) is 0 Å². The van der Waals surface area contributed by atoms with Crippen molar-refractivity contribution in [2.24, 2.45) is 5.92 Å². The molecule has 2 aliphatic heterocycles. The van der Waals surface area contributed by atoms with Crippen LogP contribution in [0.25, 0.3) is 0 Å². The maximum atomic E-state index is 12.0. The summed E-state index contributed by atoms with van der Waals surface area (Å²) in [6, 6.07) is 9.91. The van der Waals surface area contributed by atoms with Crippen molar-refractivity contribution < 1.29 is 38.7 Å². The van der Waals surface area contributed by atoms with Crippen LogP contribution in [0.15, 0.2) is 36.4 Å². The van der Waals surface area contributed by atoms with Crippen LogP contribution in [-0.2, 0) is 19.0 Å². The van der Waals surface area contributed by atoms with Gasteiger partial charge < -0.3 is 33.9 Å². The minimum absolute atomic E-state index is 0.00840. The molecule has 8 nitrogen and oxygen atoms in total. The van der Waals surface area contributed by atoms with E-state index in [9.17, 15) is 15.0 Å². The van der Waals surface area contributed by atoms with E-state index < -0.39 is 23.8 Å². The van der Waals surface area contributed by atoms with Gasteiger partial charge in [-0.05, 0) is 35.4 Å². The summed E-state index contributed by atoms with van der Waals surface area (Å²) in [6.45, 7) is 1.80. The van der Waals surface area contributed by atoms with Crippen molar-refractivity contribution >= 4 is 5.97 Å². The molecule has 2 aromatic carbocycles. The number of hydrogen-bond donors (Lipinski definition) is 2. The van der Waals surface area contributed by atoms with Gasteiger partial charge in [-0.1, -0.05) is 12.1 Å². The van der Waals surface area contributed by atoms with E-state index in [4.69, 9.17) is 23.7 Å². The van der Waals surface area contributed by atoms with Gasteiger partial charge in [-0.25, -0.2) is 0 Å². The van der Waals surface area contributed by atoms with E-state index in [-0.39, 0.29) is 24.0 Å². The number of methoxy groups -OCH3 is 2. The first-order valence-corrected chi connectivity index (χ1v) is 9.56. The number of ether oxygens (including phenoxy) is 5. The average Bonchev–Trinajstić information content (AvgIpc) is 3.25. The Hall–Kier alpha value is -2.97. The number of aromatic hydroxyl groups is 2. The van der Waals surface area contributed by atoms with Gasteiger partial charge in [0.2, 0.25) is 0 Å². The minimum atomic E-state index is -1.04. The fourth-order valence-corrected chi connectivity index (χ4v) is 4.40. The molecule has 2 N–H and O–H groups in total. The Bertz CT molecular complexity index is 958. The summed E-state index contributed by atoms with van der Waals surface area (Å²) in [4.78, 5) is 12.0. The van der Waals surface area contributed by atoms with Crippen molar-refractivity contribution in [2.45, 2.75) is 24.7 Å². The maximum absolute atomic E-state index is 12.0. The summed E-state index contributed by atoms with van der Waals surface area (Å²) in [6.07, 6.45) is -1.01. The van der Waals surface area contributed by atoms with E-state index in [1.54, 1.807) is 30.3 Å². The molecule has 0 spiro atoms. The first kappa shape index (κ1) is 20.3. The molecule has 0 aliphatic carbocycles. The largest absolute Gasteiger partial charge is 0.504 e. The number of hydrogen-bond acceptors (Lipinski definition) is 8. The van der Waals surface area contributed by atoms with Gasteiger partial charge in [0, 0.05) is 6.92 Å². The molecule has 2 fully saturated rings. The predicted molar refractivity (Wildman–Crippen MR) is 105 cm³/mol. The summed E-state index contributed by atoms with van der Waals surface area (Å²) in [5, 5.41) is 19.8. The number of esters is 1. The van der Waals surface area contributed by atoms with Crippen LogP contribution in [0.3, 0.4) is 0 Å². The topological polar surface area (TPSA) is 104 Å². The predicted octanol–water partition coefficient (Wildman–Crippen LogP) is 2.88. The highest BCUT2D eigenvalue weighted by atomic mass is 16.6. The Morgan fingerprint density at radius 1 is 1.00 bits per heavy atom. The number of phenolic OH excluding ortho intramolecular Hbond substituents is 2. The first-order valence-electron chi connectivity index (χ1n) is 9.56. The molecule has 2 aromatic rings. The second kappa shape index (κ2) is 7.70. The molecule has 4 atom stereocenters. The Labute approximate surface area is 173 Å². The molecule has 2 heterocycles. The molecule has 0 aromatic heterocycles. The van der Waals surface area contributed by atoms with Crippen molar-refractivity contribution in [3.8, 4) is 23.0 Å². The second-order valence-electron chi connectivity index (χ2n) is 7.46. The molecule has 2 aliphatic rings. The number of benzene rings is 2. The molecular formula is C22H24O8. The second-order valence-corrected chi connectivity index (χ2v) is 7.46. The monoisotopic (exact) mass is 416 g/mol. The van der Waals surface area contributed by atoms with E-state index >= 15 is 0 Å². The zero-order valence-electron chi connectivity index (χ0n) is 17.0. The van der Waals surface area contributed by atoms with E-state index in [2.05, 4.69) is 0 Å². The smallest absolute Gasteiger partial charge is 0.303 e. The molecule has 0 unspecified atom stereocenters. The molecule has 0 saturated carbocycles. The summed E-state index contributed by atoms with van der Waals surface area (Å²) in [5.41, 5.74) is 0.459. The van der Waals surface area contributed by atoms with Crippen LogP contribution in [0.1, 0.15) is 30.3 Å². The Morgan fingerprint density at radius 3 is 2.20 bits per heavy atom. The minimum Gasteiger partial charge on any atom is -0.504 e. The van der Waals surface area contributed by atoms with Crippen LogP contribution in [0.2, 0.25) is 0 Å². The fourth-order valence-electron chi connectivity index (χ4n) is 4.40. The SMILES string of the molecule is COc1cc([C@H]2OC[C@]3(OC(C)=O)[C@@H](c4ccc(O)c(OC)c4)OC[C@H]23)ccc1O. The molecule has 0 bridgehead atoms. The summed E-state index contributed by atoms with van der Waals surface area (Å²) in [7, 11) is 2.94. The van der Waals surface area contributed by atoms with Gasteiger partial charge >= 0.3 is 5.97 Å². The van der Waals surface area contributed by atoms with Gasteiger partial charge in [0.25, 0.3) is 0 Å². The molecule has 4 rings (SSSR count). The third-order valence-corrected chi connectivity index (χ3v) is 5.74. The van der Waals surface area contributed by atoms with Gasteiger partial charge in [0.1, 0.15) is 6.10 Å². The third kappa shape index (κ3) is 3.22. The fraction of sp³-hybridized carbons (Fsp3) is 0.409. The number of carbonyl (C=O) groups excluding carboxylic acids is 1. The van der Waals surface area contributed by atoms with Gasteiger partial charge in [0.15, 0.2) is 28.6 Å². The normalized spacial score (nSPS) is 27.5. The molecule has 8 heteroatoms. The van der Waals surface area contributed by atoms with Gasteiger partial charge in [-0.3, -0.25) is 4.79 Å². The van der Waals surface area contributed by atoms with Crippen LogP contribution in [-0.4, -0.2) is 49.2 Å². The summed E-state index contributed by atoms with van der Waals surface area (Å²) < 4.78 is 28.5. The van der Waals surface area contributed by atoms with Crippen molar-refractivity contribution in [2.75, 3.05) is 27.4 Å². The highest BCUT2D eigenvalue weighted by Crippen LogP contribution is 2.56. The number of phenols is 2. The highest BCUT2D eigenvalue weighted by Gasteiger charge is 2.62. The van der Waals surface area contributed by atoms with Crippen molar-refractivity contribution in [1.82, 2.24) is 0 Å². The molecule has 30 heavy (non-hydrogen) atoms. The standard InChI is InChI=1S/C22H24O8/c1-12(23)30-22-11-29-20(13-4-6-16(24)18(8-13)26-2)15(22)10-28-21(22)14-5-7-17(25)19(9-14)27-3/h4-9,15,20-21,24-25H,10-11H2,1-3H3/t15-,20-,21-,22-/m1/s1. The Morgan fingerprint density at radius 2 is 1.60 bits per heavy atom. The lowest BCUT2D eigenvalue weighted by atomic mass is 9.80. The van der Waals surface area contributed by atoms with Crippen LogP contribution < -0.4 is 9.47 Å². The Kier molecular flexibility index (Phi) is 5.21. The Balaban J connectivity index is 1.73. The van der Waals surface area contributed by atoms with Gasteiger partial charge in [-0.15, -0.1) is 0 Å². The van der Waals surface area contributed by atoms with Crippen LogP contribution in [0.5, 0.6) is 23.0 Å². The zero-order valence-corrected chi connectivity index (χ0v) is 17.0. The van der Waals surface area contributed by atoms with Crippen LogP contribution in [0, 0.1) is 5.92 Å². The van der Waals surface area contributed by atoms with Crippen molar-refractivity contribution in [3.05, 3.63) is 47.5 Å². The third-order valence-electron chi connectivity index (χ3n) is 5.74. The maximum Gasteiger partial charge on any atom is 0.303 e. The molecule has 0 radical (unpaired) electrons. The van der Waals surface area contributed by atoms with Gasteiger partial charge in [0.05, 0.1) is 39.5 Å². The molecule has 160 valence electrons. The zero-order chi connectivity index (χ0) is 21.5. The lowest BCUT2D eigenvalue weighted by molar-refractivity contribution is -0.167. The van der Waals surface area contributed by atoms with Crippen LogP contribution >= 0.6 is 0 Å².